The second kappa shape index (κ2) is 4.82. The van der Waals surface area contributed by atoms with Crippen LogP contribution >= 0.6 is 0 Å². The molecule has 0 radical (unpaired) electrons. The van der Waals surface area contributed by atoms with Crippen molar-refractivity contribution in [2.24, 2.45) is 0 Å². The number of aromatic nitrogens is 1. The maximum absolute atomic E-state index is 3.54. The molecule has 0 unspecified atom stereocenters. The molecule has 0 aliphatic carbocycles. The summed E-state index contributed by atoms with van der Waals surface area (Å²) in [6.07, 6.45) is 0. The second-order valence-electron chi connectivity index (χ2n) is 6.00. The van der Waals surface area contributed by atoms with E-state index in [1.807, 2.05) is 0 Å². The van der Waals surface area contributed by atoms with Gasteiger partial charge in [0.2, 0.25) is 0 Å². The summed E-state index contributed by atoms with van der Waals surface area (Å²) in [6, 6.07) is 15.6. The van der Waals surface area contributed by atoms with Crippen LogP contribution in [-0.2, 0) is 0 Å². The number of fused-ring (bicyclic) bond motifs is 1. The summed E-state index contributed by atoms with van der Waals surface area (Å²) in [5.41, 5.74) is 7.73. The summed E-state index contributed by atoms with van der Waals surface area (Å²) in [6.45, 7) is 8.78. The molecule has 0 aliphatic heterocycles. The summed E-state index contributed by atoms with van der Waals surface area (Å²) >= 11 is 0. The van der Waals surface area contributed by atoms with E-state index in [2.05, 4.69) is 75.1 Å². The second-order valence-corrected chi connectivity index (χ2v) is 6.00. The lowest BCUT2D eigenvalue weighted by Crippen LogP contribution is -1.85. The van der Waals surface area contributed by atoms with Crippen molar-refractivity contribution in [3.63, 3.8) is 0 Å². The zero-order valence-corrected chi connectivity index (χ0v) is 12.6. The van der Waals surface area contributed by atoms with Crippen LogP contribution in [0, 0.1) is 13.8 Å². The van der Waals surface area contributed by atoms with Crippen LogP contribution in [0.25, 0.3) is 22.2 Å². The third-order valence-electron chi connectivity index (χ3n) is 3.98. The maximum Gasteiger partial charge on any atom is 0.0467 e. The van der Waals surface area contributed by atoms with Crippen molar-refractivity contribution in [3.8, 4) is 11.3 Å². The van der Waals surface area contributed by atoms with Crippen molar-refractivity contribution in [3.05, 3.63) is 59.2 Å². The van der Waals surface area contributed by atoms with Gasteiger partial charge in [-0.15, -0.1) is 0 Å². The van der Waals surface area contributed by atoms with Gasteiger partial charge in [0.05, 0.1) is 0 Å². The summed E-state index contributed by atoms with van der Waals surface area (Å²) in [4.78, 5) is 3.54. The quantitative estimate of drug-likeness (QED) is 0.621. The number of hydrogen-bond acceptors (Lipinski definition) is 0. The molecule has 102 valence electrons. The Morgan fingerprint density at radius 1 is 0.900 bits per heavy atom. The highest BCUT2D eigenvalue weighted by atomic mass is 14.7. The van der Waals surface area contributed by atoms with E-state index in [0.717, 1.165) is 0 Å². The van der Waals surface area contributed by atoms with Crippen LogP contribution < -0.4 is 0 Å². The lowest BCUT2D eigenvalue weighted by Gasteiger charge is -2.04. The molecule has 3 aromatic rings. The van der Waals surface area contributed by atoms with E-state index < -0.39 is 0 Å². The Kier molecular flexibility index (Phi) is 3.13. The fraction of sp³-hybridized carbons (Fsp3) is 0.263. The first-order valence-electron chi connectivity index (χ1n) is 7.25. The number of rotatable bonds is 2. The highest BCUT2D eigenvalue weighted by Crippen LogP contribution is 2.29. The SMILES string of the molecule is Cc1ccc(-c2cc3cc(C(C)C)ccc3[nH]2)c(C)c1. The molecule has 0 saturated carbocycles. The largest absolute Gasteiger partial charge is 0.355 e. The van der Waals surface area contributed by atoms with E-state index in [1.165, 1.54) is 38.9 Å². The van der Waals surface area contributed by atoms with Crippen molar-refractivity contribution in [1.82, 2.24) is 4.98 Å². The average Bonchev–Trinajstić information content (AvgIpc) is 2.80. The molecule has 0 saturated heterocycles. The number of H-pyrrole nitrogens is 1. The Hall–Kier alpha value is -2.02. The highest BCUT2D eigenvalue weighted by Gasteiger charge is 2.07. The van der Waals surface area contributed by atoms with E-state index in [0.29, 0.717) is 5.92 Å². The molecule has 0 fully saturated rings. The first-order chi connectivity index (χ1) is 9.54. The van der Waals surface area contributed by atoms with Gasteiger partial charge in [0.25, 0.3) is 0 Å². The van der Waals surface area contributed by atoms with E-state index in [4.69, 9.17) is 0 Å². The van der Waals surface area contributed by atoms with Crippen molar-refractivity contribution < 1.29 is 0 Å². The van der Waals surface area contributed by atoms with Gasteiger partial charge in [-0.05, 0) is 49.1 Å². The van der Waals surface area contributed by atoms with Gasteiger partial charge in [0, 0.05) is 22.2 Å². The summed E-state index contributed by atoms with van der Waals surface area (Å²) < 4.78 is 0. The minimum absolute atomic E-state index is 0.568. The normalized spacial score (nSPS) is 11.4. The van der Waals surface area contributed by atoms with E-state index in [1.54, 1.807) is 0 Å². The molecule has 0 atom stereocenters. The van der Waals surface area contributed by atoms with Crippen LogP contribution in [0.2, 0.25) is 0 Å². The lowest BCUT2D eigenvalue weighted by atomic mass is 10.0. The number of hydrogen-bond donors (Lipinski definition) is 1. The van der Waals surface area contributed by atoms with E-state index in [9.17, 15) is 0 Å². The van der Waals surface area contributed by atoms with Gasteiger partial charge < -0.3 is 4.98 Å². The van der Waals surface area contributed by atoms with Crippen LogP contribution in [0.4, 0.5) is 0 Å². The zero-order chi connectivity index (χ0) is 14.3. The molecular weight excluding hydrogens is 242 g/mol. The third kappa shape index (κ3) is 2.24. The first kappa shape index (κ1) is 13.0. The molecule has 1 N–H and O–H groups in total. The lowest BCUT2D eigenvalue weighted by molar-refractivity contribution is 0.869. The van der Waals surface area contributed by atoms with Crippen LogP contribution in [0.1, 0.15) is 36.5 Å². The Morgan fingerprint density at radius 2 is 1.70 bits per heavy atom. The van der Waals surface area contributed by atoms with Crippen LogP contribution in [-0.4, -0.2) is 4.98 Å². The molecule has 20 heavy (non-hydrogen) atoms. The number of aromatic amines is 1. The summed E-state index contributed by atoms with van der Waals surface area (Å²) in [5, 5.41) is 1.30. The molecule has 1 nitrogen and oxygen atoms in total. The number of nitrogens with one attached hydrogen (secondary N) is 1. The Morgan fingerprint density at radius 3 is 2.40 bits per heavy atom. The topological polar surface area (TPSA) is 15.8 Å². The molecule has 0 spiro atoms. The number of aryl methyl sites for hydroxylation is 2. The van der Waals surface area contributed by atoms with Crippen LogP contribution in [0.5, 0.6) is 0 Å². The van der Waals surface area contributed by atoms with Crippen LogP contribution in [0.3, 0.4) is 0 Å². The predicted octanol–water partition coefficient (Wildman–Crippen LogP) is 5.58. The highest BCUT2D eigenvalue weighted by molar-refractivity contribution is 5.87. The van der Waals surface area contributed by atoms with Crippen molar-refractivity contribution in [2.75, 3.05) is 0 Å². The number of benzene rings is 2. The molecule has 0 amide bonds. The van der Waals surface area contributed by atoms with E-state index in [-0.39, 0.29) is 0 Å². The molecule has 0 bridgehead atoms. The van der Waals surface area contributed by atoms with Gasteiger partial charge in [-0.1, -0.05) is 43.7 Å². The van der Waals surface area contributed by atoms with Crippen molar-refractivity contribution in [1.29, 1.82) is 0 Å². The van der Waals surface area contributed by atoms with Gasteiger partial charge in [0.1, 0.15) is 0 Å². The van der Waals surface area contributed by atoms with Crippen molar-refractivity contribution in [2.45, 2.75) is 33.6 Å². The van der Waals surface area contributed by atoms with Gasteiger partial charge in [-0.25, -0.2) is 0 Å². The molecule has 0 aliphatic rings. The fourth-order valence-corrected chi connectivity index (χ4v) is 2.77. The van der Waals surface area contributed by atoms with E-state index >= 15 is 0 Å². The molecule has 3 rings (SSSR count). The summed E-state index contributed by atoms with van der Waals surface area (Å²) in [5.74, 6) is 0.568. The predicted molar refractivity (Wildman–Crippen MR) is 87.3 cm³/mol. The first-order valence-corrected chi connectivity index (χ1v) is 7.25. The van der Waals surface area contributed by atoms with Crippen LogP contribution in [0.15, 0.2) is 42.5 Å². The Bertz CT molecular complexity index is 763. The van der Waals surface area contributed by atoms with Gasteiger partial charge >= 0.3 is 0 Å². The van der Waals surface area contributed by atoms with Crippen molar-refractivity contribution >= 4 is 10.9 Å². The molecule has 1 aromatic heterocycles. The van der Waals surface area contributed by atoms with Gasteiger partial charge in [-0.3, -0.25) is 0 Å². The molecule has 1 heteroatoms. The van der Waals surface area contributed by atoms with Gasteiger partial charge in [0.15, 0.2) is 0 Å². The average molecular weight is 263 g/mol. The standard InChI is InChI=1S/C19H21N/c1-12(2)15-6-8-18-16(10-15)11-19(20-18)17-7-5-13(3)9-14(17)4/h5-12,20H,1-4H3. The van der Waals surface area contributed by atoms with Gasteiger partial charge in [-0.2, -0.15) is 0 Å². The third-order valence-corrected chi connectivity index (χ3v) is 3.98. The Labute approximate surface area is 120 Å². The molecule has 2 aromatic carbocycles. The monoisotopic (exact) mass is 263 g/mol. The molecule has 1 heterocycles. The maximum atomic E-state index is 3.54. The fourth-order valence-electron chi connectivity index (χ4n) is 2.77. The molecular formula is C19H21N. The summed E-state index contributed by atoms with van der Waals surface area (Å²) in [7, 11) is 0. The Balaban J connectivity index is 2.13. The minimum atomic E-state index is 0.568. The smallest absolute Gasteiger partial charge is 0.0467 e. The minimum Gasteiger partial charge on any atom is -0.355 e. The zero-order valence-electron chi connectivity index (χ0n) is 12.6.